The first-order chi connectivity index (χ1) is 9.22. The number of ether oxygens (including phenoxy) is 1. The molecule has 1 aliphatic rings. The second kappa shape index (κ2) is 7.03. The largest absolute Gasteiger partial charge is 0.383 e. The fourth-order valence-corrected chi connectivity index (χ4v) is 2.97. The van der Waals surface area contributed by atoms with Crippen LogP contribution in [-0.2, 0) is 16.0 Å². The maximum absolute atomic E-state index is 11.6. The Balaban J connectivity index is 1.83. The van der Waals surface area contributed by atoms with Crippen LogP contribution in [0.25, 0.3) is 0 Å². The van der Waals surface area contributed by atoms with Crippen LogP contribution in [-0.4, -0.2) is 32.7 Å². The van der Waals surface area contributed by atoms with Crippen molar-refractivity contribution in [2.24, 2.45) is 0 Å². The zero-order valence-corrected chi connectivity index (χ0v) is 12.6. The lowest BCUT2D eigenvalue weighted by atomic mass is 10.1. The number of methoxy groups -OCH3 is 1. The van der Waals surface area contributed by atoms with Crippen molar-refractivity contribution in [2.45, 2.75) is 18.9 Å². The number of benzene rings is 1. The third-order valence-electron chi connectivity index (χ3n) is 3.35. The zero-order chi connectivity index (χ0) is 13.7. The minimum Gasteiger partial charge on any atom is -0.383 e. The van der Waals surface area contributed by atoms with E-state index in [2.05, 4.69) is 38.7 Å². The second-order valence-electron chi connectivity index (χ2n) is 4.62. The van der Waals surface area contributed by atoms with E-state index in [9.17, 15) is 4.79 Å². The summed E-state index contributed by atoms with van der Waals surface area (Å²) in [5.41, 5.74) is 2.67. The molecule has 2 N–H and O–H groups in total. The molecule has 0 bridgehead atoms. The standard InChI is InChI=1S/C14H19BrN2O2/c1-19-8-7-16-14(18)9-17-13-6-5-10-11(13)3-2-4-12(10)15/h2-4,13,17H,5-9H2,1H3,(H,16,18). The van der Waals surface area contributed by atoms with Gasteiger partial charge in [0.25, 0.3) is 0 Å². The maximum atomic E-state index is 11.6. The van der Waals surface area contributed by atoms with Crippen molar-refractivity contribution in [2.75, 3.05) is 26.8 Å². The van der Waals surface area contributed by atoms with Crippen LogP contribution in [0, 0.1) is 0 Å². The van der Waals surface area contributed by atoms with Gasteiger partial charge in [0.1, 0.15) is 0 Å². The van der Waals surface area contributed by atoms with Crippen LogP contribution in [0.15, 0.2) is 22.7 Å². The first-order valence-electron chi connectivity index (χ1n) is 6.48. The Labute approximate surface area is 122 Å². The van der Waals surface area contributed by atoms with E-state index in [0.717, 1.165) is 12.8 Å². The summed E-state index contributed by atoms with van der Waals surface area (Å²) in [5, 5.41) is 6.13. The fourth-order valence-electron chi connectivity index (χ4n) is 2.39. The molecule has 0 spiro atoms. The van der Waals surface area contributed by atoms with E-state index in [4.69, 9.17) is 4.74 Å². The molecule has 104 valence electrons. The van der Waals surface area contributed by atoms with Gasteiger partial charge in [-0.15, -0.1) is 0 Å². The molecule has 1 aromatic rings. The Morgan fingerprint density at radius 3 is 3.16 bits per heavy atom. The summed E-state index contributed by atoms with van der Waals surface area (Å²) in [6.45, 7) is 1.45. The molecule has 0 fully saturated rings. The van der Waals surface area contributed by atoms with Gasteiger partial charge in [0, 0.05) is 24.2 Å². The molecule has 0 aliphatic heterocycles. The monoisotopic (exact) mass is 326 g/mol. The third-order valence-corrected chi connectivity index (χ3v) is 4.09. The zero-order valence-electron chi connectivity index (χ0n) is 11.0. The van der Waals surface area contributed by atoms with Crippen LogP contribution in [0.2, 0.25) is 0 Å². The topological polar surface area (TPSA) is 50.4 Å². The van der Waals surface area contributed by atoms with Crippen molar-refractivity contribution in [3.8, 4) is 0 Å². The van der Waals surface area contributed by atoms with Crippen LogP contribution in [0.1, 0.15) is 23.6 Å². The Hall–Kier alpha value is -0.910. The van der Waals surface area contributed by atoms with Crippen molar-refractivity contribution in [3.05, 3.63) is 33.8 Å². The SMILES string of the molecule is COCCNC(=O)CNC1CCc2c(Br)cccc21. The van der Waals surface area contributed by atoms with Gasteiger partial charge < -0.3 is 15.4 Å². The number of carbonyl (C=O) groups is 1. The minimum atomic E-state index is 0.0143. The van der Waals surface area contributed by atoms with Gasteiger partial charge in [-0.3, -0.25) is 4.79 Å². The molecular formula is C14H19BrN2O2. The van der Waals surface area contributed by atoms with Gasteiger partial charge in [0.05, 0.1) is 13.2 Å². The summed E-state index contributed by atoms with van der Waals surface area (Å²) < 4.78 is 6.06. The highest BCUT2D eigenvalue weighted by molar-refractivity contribution is 9.10. The van der Waals surface area contributed by atoms with Gasteiger partial charge in [-0.25, -0.2) is 0 Å². The smallest absolute Gasteiger partial charge is 0.234 e. The molecule has 0 heterocycles. The van der Waals surface area contributed by atoms with Crippen LogP contribution in [0.5, 0.6) is 0 Å². The quantitative estimate of drug-likeness (QED) is 0.783. The lowest BCUT2D eigenvalue weighted by Crippen LogP contribution is -2.36. The van der Waals surface area contributed by atoms with E-state index in [-0.39, 0.29) is 11.9 Å². The summed E-state index contributed by atoms with van der Waals surface area (Å²) in [6.07, 6.45) is 2.10. The molecule has 1 atom stereocenters. The number of amides is 1. The average molecular weight is 327 g/mol. The first-order valence-corrected chi connectivity index (χ1v) is 7.28. The maximum Gasteiger partial charge on any atom is 0.234 e. The van der Waals surface area contributed by atoms with Crippen molar-refractivity contribution in [1.29, 1.82) is 0 Å². The molecule has 5 heteroatoms. The van der Waals surface area contributed by atoms with Crippen LogP contribution in [0.4, 0.5) is 0 Å². The van der Waals surface area contributed by atoms with E-state index in [1.807, 2.05) is 6.07 Å². The number of fused-ring (bicyclic) bond motifs is 1. The summed E-state index contributed by atoms with van der Waals surface area (Å²) in [4.78, 5) is 11.6. The molecule has 1 unspecified atom stereocenters. The number of halogens is 1. The van der Waals surface area contributed by atoms with Gasteiger partial charge in [-0.1, -0.05) is 28.1 Å². The molecule has 2 rings (SSSR count). The van der Waals surface area contributed by atoms with Crippen molar-refractivity contribution in [3.63, 3.8) is 0 Å². The summed E-state index contributed by atoms with van der Waals surface area (Å²) in [5.74, 6) is 0.0143. The fraction of sp³-hybridized carbons (Fsp3) is 0.500. The minimum absolute atomic E-state index is 0.0143. The van der Waals surface area contributed by atoms with E-state index in [1.165, 1.54) is 15.6 Å². The molecule has 0 radical (unpaired) electrons. The lowest BCUT2D eigenvalue weighted by Gasteiger charge is -2.14. The van der Waals surface area contributed by atoms with Gasteiger partial charge in [0.2, 0.25) is 5.91 Å². The molecular weight excluding hydrogens is 308 g/mol. The number of hydrogen-bond donors (Lipinski definition) is 2. The third kappa shape index (κ3) is 3.78. The highest BCUT2D eigenvalue weighted by atomic mass is 79.9. The van der Waals surface area contributed by atoms with E-state index >= 15 is 0 Å². The van der Waals surface area contributed by atoms with Gasteiger partial charge >= 0.3 is 0 Å². The van der Waals surface area contributed by atoms with E-state index in [0.29, 0.717) is 19.7 Å². The highest BCUT2D eigenvalue weighted by Gasteiger charge is 2.23. The number of hydrogen-bond acceptors (Lipinski definition) is 3. The van der Waals surface area contributed by atoms with Crippen molar-refractivity contribution < 1.29 is 9.53 Å². The molecule has 0 saturated heterocycles. The highest BCUT2D eigenvalue weighted by Crippen LogP contribution is 2.35. The summed E-state index contributed by atoms with van der Waals surface area (Å²) in [6, 6.07) is 6.52. The summed E-state index contributed by atoms with van der Waals surface area (Å²) in [7, 11) is 1.62. The Morgan fingerprint density at radius 2 is 2.37 bits per heavy atom. The number of nitrogens with one attached hydrogen (secondary N) is 2. The van der Waals surface area contributed by atoms with Crippen LogP contribution in [0.3, 0.4) is 0 Å². The van der Waals surface area contributed by atoms with E-state index in [1.54, 1.807) is 7.11 Å². The molecule has 1 aromatic carbocycles. The Bertz CT molecular complexity index is 451. The molecule has 4 nitrogen and oxygen atoms in total. The Kier molecular flexibility index (Phi) is 5.36. The van der Waals surface area contributed by atoms with Crippen LogP contribution >= 0.6 is 15.9 Å². The van der Waals surface area contributed by atoms with Gasteiger partial charge in [-0.05, 0) is 30.0 Å². The average Bonchev–Trinajstić information content (AvgIpc) is 2.81. The van der Waals surface area contributed by atoms with Crippen molar-refractivity contribution in [1.82, 2.24) is 10.6 Å². The molecule has 19 heavy (non-hydrogen) atoms. The molecule has 0 aromatic heterocycles. The first kappa shape index (κ1) is 14.5. The van der Waals surface area contributed by atoms with Gasteiger partial charge in [0.15, 0.2) is 0 Å². The van der Waals surface area contributed by atoms with E-state index < -0.39 is 0 Å². The molecule has 1 aliphatic carbocycles. The predicted molar refractivity (Wildman–Crippen MR) is 78.1 cm³/mol. The molecule has 1 amide bonds. The Morgan fingerprint density at radius 1 is 1.53 bits per heavy atom. The van der Waals surface area contributed by atoms with Gasteiger partial charge in [-0.2, -0.15) is 0 Å². The van der Waals surface area contributed by atoms with Crippen LogP contribution < -0.4 is 10.6 Å². The second-order valence-corrected chi connectivity index (χ2v) is 5.48. The van der Waals surface area contributed by atoms with Crippen molar-refractivity contribution >= 4 is 21.8 Å². The number of carbonyl (C=O) groups excluding carboxylic acids is 1. The summed E-state index contributed by atoms with van der Waals surface area (Å²) >= 11 is 3.58. The number of rotatable bonds is 6. The lowest BCUT2D eigenvalue weighted by molar-refractivity contribution is -0.120. The normalized spacial score (nSPS) is 17.3. The molecule has 0 saturated carbocycles. The predicted octanol–water partition coefficient (Wildman–Crippen LogP) is 1.79.